The summed E-state index contributed by atoms with van der Waals surface area (Å²) in [4.78, 5) is 5.41. The maximum atomic E-state index is 8.74. The molecule has 0 radical (unpaired) electrons. The van der Waals surface area contributed by atoms with E-state index < -0.39 is 0 Å². The number of hydrogen-bond acceptors (Lipinski definition) is 5. The van der Waals surface area contributed by atoms with Crippen LogP contribution < -0.4 is 11.1 Å². The van der Waals surface area contributed by atoms with Crippen LogP contribution in [0.4, 0.5) is 0 Å². The highest BCUT2D eigenvalue weighted by Gasteiger charge is 2.10. The van der Waals surface area contributed by atoms with Crippen molar-refractivity contribution in [3.8, 4) is 0 Å². The quantitative estimate of drug-likeness (QED) is 0.338. The van der Waals surface area contributed by atoms with E-state index in [1.54, 1.807) is 17.5 Å². The fourth-order valence-corrected chi connectivity index (χ4v) is 2.52. The van der Waals surface area contributed by atoms with Gasteiger partial charge in [-0.2, -0.15) is 0 Å². The van der Waals surface area contributed by atoms with Crippen LogP contribution in [-0.2, 0) is 6.54 Å². The molecule has 0 unspecified atom stereocenters. The van der Waals surface area contributed by atoms with E-state index in [1.807, 2.05) is 18.2 Å². The van der Waals surface area contributed by atoms with E-state index in [0.29, 0.717) is 12.2 Å². The van der Waals surface area contributed by atoms with E-state index in [1.165, 1.54) is 4.88 Å². The van der Waals surface area contributed by atoms with Gasteiger partial charge in [-0.05, 0) is 30.0 Å². The first-order chi connectivity index (χ1) is 9.22. The van der Waals surface area contributed by atoms with E-state index in [0.717, 1.165) is 5.56 Å². The minimum atomic E-state index is 0.0289. The lowest BCUT2D eigenvalue weighted by atomic mass is 10.1. The Morgan fingerprint density at radius 3 is 3.05 bits per heavy atom. The van der Waals surface area contributed by atoms with Gasteiger partial charge in [0.25, 0.3) is 0 Å². The van der Waals surface area contributed by atoms with Crippen molar-refractivity contribution in [2.45, 2.75) is 19.5 Å². The van der Waals surface area contributed by atoms with Gasteiger partial charge in [0, 0.05) is 23.7 Å². The number of nitrogens with one attached hydrogen (secondary N) is 1. The maximum absolute atomic E-state index is 8.74. The molecule has 0 aliphatic carbocycles. The Morgan fingerprint density at radius 1 is 1.53 bits per heavy atom. The lowest BCUT2D eigenvalue weighted by Crippen LogP contribution is -2.22. The second-order valence-electron chi connectivity index (χ2n) is 4.11. The van der Waals surface area contributed by atoms with Gasteiger partial charge in [-0.25, -0.2) is 0 Å². The molecule has 100 valence electrons. The molecule has 5 nitrogen and oxygen atoms in total. The Hall–Kier alpha value is -1.92. The minimum absolute atomic E-state index is 0.0289. The summed E-state index contributed by atoms with van der Waals surface area (Å²) in [7, 11) is 0. The summed E-state index contributed by atoms with van der Waals surface area (Å²) in [5, 5.41) is 17.2. The molecule has 19 heavy (non-hydrogen) atoms. The van der Waals surface area contributed by atoms with Crippen LogP contribution in [0.2, 0.25) is 0 Å². The number of aromatic nitrogens is 1. The highest BCUT2D eigenvalue weighted by Crippen LogP contribution is 2.18. The van der Waals surface area contributed by atoms with E-state index >= 15 is 0 Å². The summed E-state index contributed by atoms with van der Waals surface area (Å²) in [5.74, 6) is 0.0289. The summed E-state index contributed by atoms with van der Waals surface area (Å²) in [6.07, 6.45) is 1.62. The molecular weight excluding hydrogens is 260 g/mol. The van der Waals surface area contributed by atoms with Crippen molar-refractivity contribution in [3.63, 3.8) is 0 Å². The van der Waals surface area contributed by atoms with Gasteiger partial charge >= 0.3 is 0 Å². The first kappa shape index (κ1) is 13.5. The average molecular weight is 276 g/mol. The lowest BCUT2D eigenvalue weighted by molar-refractivity contribution is 0.318. The fraction of sp³-hybridized carbons (Fsp3) is 0.231. The third-order valence-electron chi connectivity index (χ3n) is 2.81. The van der Waals surface area contributed by atoms with Gasteiger partial charge in [0.1, 0.15) is 5.69 Å². The molecule has 2 rings (SSSR count). The Balaban J connectivity index is 2.08. The van der Waals surface area contributed by atoms with Crippen LogP contribution in [0.3, 0.4) is 0 Å². The highest BCUT2D eigenvalue weighted by atomic mass is 32.1. The van der Waals surface area contributed by atoms with E-state index in [4.69, 9.17) is 10.9 Å². The van der Waals surface area contributed by atoms with Gasteiger partial charge in [-0.15, -0.1) is 11.3 Å². The number of nitrogens with two attached hydrogens (primary N) is 1. The first-order valence-electron chi connectivity index (χ1n) is 5.91. The number of oxime groups is 1. The molecule has 0 saturated carbocycles. The predicted octanol–water partition coefficient (Wildman–Crippen LogP) is 2.09. The van der Waals surface area contributed by atoms with Crippen LogP contribution in [0.1, 0.15) is 29.1 Å². The largest absolute Gasteiger partial charge is 0.409 e. The van der Waals surface area contributed by atoms with Gasteiger partial charge in [0.05, 0.1) is 0 Å². The highest BCUT2D eigenvalue weighted by molar-refractivity contribution is 7.10. The van der Waals surface area contributed by atoms with Crippen molar-refractivity contribution < 1.29 is 5.21 Å². The van der Waals surface area contributed by atoms with Crippen LogP contribution in [0, 0.1) is 0 Å². The van der Waals surface area contributed by atoms with Crippen LogP contribution >= 0.6 is 11.3 Å². The second kappa shape index (κ2) is 6.31. The zero-order valence-electron chi connectivity index (χ0n) is 10.6. The summed E-state index contributed by atoms with van der Waals surface area (Å²) in [6.45, 7) is 2.71. The monoisotopic (exact) mass is 276 g/mol. The second-order valence-corrected chi connectivity index (χ2v) is 5.09. The molecule has 0 fully saturated rings. The van der Waals surface area contributed by atoms with Gasteiger partial charge in [0.15, 0.2) is 5.84 Å². The van der Waals surface area contributed by atoms with Crippen molar-refractivity contribution in [1.82, 2.24) is 10.3 Å². The molecule has 4 N–H and O–H groups in total. The van der Waals surface area contributed by atoms with E-state index in [2.05, 4.69) is 33.8 Å². The molecule has 0 aliphatic rings. The molecule has 0 amide bonds. The number of nitrogens with zero attached hydrogens (tertiary/aromatic N) is 2. The Labute approximate surface area is 115 Å². The molecule has 0 spiro atoms. The van der Waals surface area contributed by atoms with E-state index in [9.17, 15) is 0 Å². The summed E-state index contributed by atoms with van der Waals surface area (Å²) in [6, 6.07) is 8.12. The molecule has 2 heterocycles. The summed E-state index contributed by atoms with van der Waals surface area (Å²) >= 11 is 1.71. The molecule has 0 aromatic carbocycles. The molecule has 0 bridgehead atoms. The number of pyridine rings is 1. The molecule has 2 aromatic rings. The average Bonchev–Trinajstić information content (AvgIpc) is 2.98. The summed E-state index contributed by atoms with van der Waals surface area (Å²) in [5.41, 5.74) is 7.02. The number of thiophene rings is 1. The Kier molecular flexibility index (Phi) is 4.48. The topological polar surface area (TPSA) is 83.5 Å². The normalized spacial score (nSPS) is 13.4. The number of rotatable bonds is 5. The van der Waals surface area contributed by atoms with Gasteiger partial charge < -0.3 is 16.3 Å². The number of amidine groups is 1. The maximum Gasteiger partial charge on any atom is 0.189 e. The van der Waals surface area contributed by atoms with Crippen molar-refractivity contribution in [2.24, 2.45) is 10.9 Å². The first-order valence-corrected chi connectivity index (χ1v) is 6.79. The molecule has 0 saturated heterocycles. The Bertz CT molecular complexity index is 554. The molecule has 6 heteroatoms. The molecular formula is C13H16N4OS. The lowest BCUT2D eigenvalue weighted by Gasteiger charge is -2.13. The molecule has 0 aliphatic heterocycles. The molecule has 1 atom stereocenters. The zero-order valence-corrected chi connectivity index (χ0v) is 11.4. The number of hydrogen-bond donors (Lipinski definition) is 3. The van der Waals surface area contributed by atoms with E-state index in [-0.39, 0.29) is 11.9 Å². The van der Waals surface area contributed by atoms with Crippen LogP contribution in [-0.4, -0.2) is 16.0 Å². The third-order valence-corrected chi connectivity index (χ3v) is 3.87. The zero-order chi connectivity index (χ0) is 13.7. The fourth-order valence-electron chi connectivity index (χ4n) is 1.76. The van der Waals surface area contributed by atoms with Crippen molar-refractivity contribution >= 4 is 17.2 Å². The third kappa shape index (κ3) is 3.30. The SMILES string of the molecule is C[C@H](NCc1cccnc1/C(N)=N/O)c1cccs1. The Morgan fingerprint density at radius 2 is 2.37 bits per heavy atom. The predicted molar refractivity (Wildman–Crippen MR) is 76.3 cm³/mol. The summed E-state index contributed by atoms with van der Waals surface area (Å²) < 4.78 is 0. The van der Waals surface area contributed by atoms with Gasteiger partial charge in [-0.3, -0.25) is 4.98 Å². The van der Waals surface area contributed by atoms with Crippen LogP contribution in [0.25, 0.3) is 0 Å². The van der Waals surface area contributed by atoms with Crippen LogP contribution in [0.15, 0.2) is 41.0 Å². The van der Waals surface area contributed by atoms with Crippen molar-refractivity contribution in [2.75, 3.05) is 0 Å². The van der Waals surface area contributed by atoms with Gasteiger partial charge in [-0.1, -0.05) is 17.3 Å². The smallest absolute Gasteiger partial charge is 0.189 e. The standard InChI is InChI=1S/C13H16N4OS/c1-9(11-5-3-7-19-11)16-8-10-4-2-6-15-12(10)13(14)17-18/h2-7,9,16,18H,8H2,1H3,(H2,14,17)/t9-/m0/s1. The van der Waals surface area contributed by atoms with Crippen molar-refractivity contribution in [1.29, 1.82) is 0 Å². The minimum Gasteiger partial charge on any atom is -0.409 e. The molecule has 2 aromatic heterocycles. The van der Waals surface area contributed by atoms with Crippen molar-refractivity contribution in [3.05, 3.63) is 52.0 Å². The van der Waals surface area contributed by atoms with Gasteiger partial charge in [0.2, 0.25) is 0 Å². The van der Waals surface area contributed by atoms with Crippen LogP contribution in [0.5, 0.6) is 0 Å².